The molecule has 0 radical (unpaired) electrons. The smallest absolute Gasteiger partial charge is 0.231 e. The summed E-state index contributed by atoms with van der Waals surface area (Å²) in [5, 5.41) is 0.790. The number of aromatic nitrogens is 1. The van der Waals surface area contributed by atoms with Crippen molar-refractivity contribution >= 4 is 22.4 Å². The van der Waals surface area contributed by atoms with Gasteiger partial charge in [-0.05, 0) is 13.8 Å². The topological polar surface area (TPSA) is 33.2 Å². The zero-order chi connectivity index (χ0) is 10.9. The van der Waals surface area contributed by atoms with Gasteiger partial charge in [-0.25, -0.2) is 4.98 Å². The number of rotatable bonds is 2. The van der Waals surface area contributed by atoms with E-state index in [4.69, 9.17) is 0 Å². The summed E-state index contributed by atoms with van der Waals surface area (Å²) in [7, 11) is 1.78. The fourth-order valence-corrected chi connectivity index (χ4v) is 1.96. The Morgan fingerprint density at radius 1 is 1.43 bits per heavy atom. The van der Waals surface area contributed by atoms with Gasteiger partial charge in [0.05, 0.1) is 5.69 Å². The van der Waals surface area contributed by atoms with Crippen LogP contribution in [-0.2, 0) is 4.79 Å². The molecule has 1 heterocycles. The van der Waals surface area contributed by atoms with Gasteiger partial charge in [0.1, 0.15) is 0 Å². The third-order valence-electron chi connectivity index (χ3n) is 2.13. The van der Waals surface area contributed by atoms with E-state index in [1.54, 1.807) is 23.3 Å². The number of anilines is 1. The molecule has 1 amide bonds. The van der Waals surface area contributed by atoms with E-state index >= 15 is 0 Å². The normalized spacial score (nSPS) is 10.7. The Morgan fingerprint density at radius 2 is 2.00 bits per heavy atom. The van der Waals surface area contributed by atoms with E-state index in [1.807, 2.05) is 27.7 Å². The second-order valence-corrected chi connectivity index (χ2v) is 4.87. The van der Waals surface area contributed by atoms with Gasteiger partial charge >= 0.3 is 0 Å². The largest absolute Gasteiger partial charge is 0.291 e. The van der Waals surface area contributed by atoms with Crippen LogP contribution in [0.15, 0.2) is 0 Å². The first-order valence-corrected chi connectivity index (χ1v) is 5.46. The van der Waals surface area contributed by atoms with E-state index in [0.29, 0.717) is 0 Å². The van der Waals surface area contributed by atoms with Crippen LogP contribution in [0.5, 0.6) is 0 Å². The van der Waals surface area contributed by atoms with Crippen LogP contribution < -0.4 is 4.90 Å². The Bertz CT molecular complexity index is 324. The highest BCUT2D eigenvalue weighted by Gasteiger charge is 2.17. The predicted octanol–water partition coefficient (Wildman–Crippen LogP) is 2.38. The second kappa shape index (κ2) is 4.09. The highest BCUT2D eigenvalue weighted by atomic mass is 32.1. The maximum atomic E-state index is 11.7. The standard InChI is InChI=1S/C10H16N2OS/c1-6(2)9(13)12(5)10-11-7(3)8(4)14-10/h6H,1-5H3. The minimum atomic E-state index is 0.0181. The van der Waals surface area contributed by atoms with Gasteiger partial charge in [0.25, 0.3) is 0 Å². The van der Waals surface area contributed by atoms with Gasteiger partial charge in [0, 0.05) is 17.8 Å². The second-order valence-electron chi connectivity index (χ2n) is 3.69. The summed E-state index contributed by atoms with van der Waals surface area (Å²) in [6.45, 7) is 7.77. The number of thiazole rings is 1. The minimum absolute atomic E-state index is 0.0181. The quantitative estimate of drug-likeness (QED) is 0.754. The molecule has 0 aliphatic heterocycles. The molecule has 0 aromatic carbocycles. The van der Waals surface area contributed by atoms with Crippen LogP contribution in [0.25, 0.3) is 0 Å². The van der Waals surface area contributed by atoms with Gasteiger partial charge in [-0.1, -0.05) is 13.8 Å². The van der Waals surface area contributed by atoms with Crippen molar-refractivity contribution in [3.63, 3.8) is 0 Å². The zero-order valence-corrected chi connectivity index (χ0v) is 10.1. The minimum Gasteiger partial charge on any atom is -0.291 e. The van der Waals surface area contributed by atoms with Crippen molar-refractivity contribution in [1.29, 1.82) is 0 Å². The molecule has 0 saturated heterocycles. The van der Waals surface area contributed by atoms with E-state index < -0.39 is 0 Å². The van der Waals surface area contributed by atoms with Gasteiger partial charge < -0.3 is 0 Å². The average Bonchev–Trinajstić information content (AvgIpc) is 2.44. The van der Waals surface area contributed by atoms with Gasteiger partial charge in [0.2, 0.25) is 5.91 Å². The maximum absolute atomic E-state index is 11.7. The molecule has 1 aromatic rings. The van der Waals surface area contributed by atoms with E-state index in [-0.39, 0.29) is 11.8 Å². The molecule has 0 atom stereocenters. The predicted molar refractivity (Wildman–Crippen MR) is 59.8 cm³/mol. The number of nitrogens with zero attached hydrogens (tertiary/aromatic N) is 2. The summed E-state index contributed by atoms with van der Waals surface area (Å²) in [4.78, 5) is 18.8. The summed E-state index contributed by atoms with van der Waals surface area (Å²) in [6, 6.07) is 0. The number of carbonyl (C=O) groups excluding carboxylic acids is 1. The molecule has 0 unspecified atom stereocenters. The van der Waals surface area contributed by atoms with Crippen LogP contribution in [-0.4, -0.2) is 17.9 Å². The first-order valence-electron chi connectivity index (χ1n) is 4.65. The lowest BCUT2D eigenvalue weighted by Crippen LogP contribution is -2.30. The highest BCUT2D eigenvalue weighted by Crippen LogP contribution is 2.24. The summed E-state index contributed by atoms with van der Waals surface area (Å²) in [5.41, 5.74) is 1.01. The monoisotopic (exact) mass is 212 g/mol. The van der Waals surface area contributed by atoms with Crippen LogP contribution >= 0.6 is 11.3 Å². The van der Waals surface area contributed by atoms with Crippen molar-refractivity contribution in [2.75, 3.05) is 11.9 Å². The van der Waals surface area contributed by atoms with Crippen molar-refractivity contribution in [2.45, 2.75) is 27.7 Å². The molecule has 0 spiro atoms. The lowest BCUT2D eigenvalue weighted by atomic mass is 10.2. The lowest BCUT2D eigenvalue weighted by molar-refractivity contribution is -0.121. The summed E-state index contributed by atoms with van der Waals surface area (Å²) in [6.07, 6.45) is 0. The molecule has 0 N–H and O–H groups in total. The van der Waals surface area contributed by atoms with Crippen LogP contribution in [0, 0.1) is 19.8 Å². The van der Waals surface area contributed by atoms with Crippen molar-refractivity contribution in [3.8, 4) is 0 Å². The molecule has 1 aromatic heterocycles. The lowest BCUT2D eigenvalue weighted by Gasteiger charge is -2.15. The molecule has 0 fully saturated rings. The molecular formula is C10H16N2OS. The molecule has 14 heavy (non-hydrogen) atoms. The molecule has 0 saturated carbocycles. The molecule has 3 nitrogen and oxygen atoms in total. The van der Waals surface area contributed by atoms with E-state index in [9.17, 15) is 4.79 Å². The Balaban J connectivity index is 2.89. The molecular weight excluding hydrogens is 196 g/mol. The van der Waals surface area contributed by atoms with Gasteiger partial charge in [-0.2, -0.15) is 0 Å². The van der Waals surface area contributed by atoms with Gasteiger partial charge in [0.15, 0.2) is 5.13 Å². The van der Waals surface area contributed by atoms with Crippen LogP contribution in [0.1, 0.15) is 24.4 Å². The summed E-state index contributed by atoms with van der Waals surface area (Å²) < 4.78 is 0. The fourth-order valence-electron chi connectivity index (χ4n) is 1.08. The average molecular weight is 212 g/mol. The Kier molecular flexibility index (Phi) is 3.26. The molecule has 4 heteroatoms. The number of hydrogen-bond acceptors (Lipinski definition) is 3. The highest BCUT2D eigenvalue weighted by molar-refractivity contribution is 7.15. The SMILES string of the molecule is Cc1nc(N(C)C(=O)C(C)C)sc1C. The summed E-state index contributed by atoms with van der Waals surface area (Å²) in [5.74, 6) is 0.128. The fraction of sp³-hybridized carbons (Fsp3) is 0.600. The van der Waals surface area contributed by atoms with Crippen molar-refractivity contribution in [1.82, 2.24) is 4.98 Å². The number of aryl methyl sites for hydroxylation is 2. The van der Waals surface area contributed by atoms with E-state index in [0.717, 1.165) is 10.8 Å². The third-order valence-corrected chi connectivity index (χ3v) is 3.28. The van der Waals surface area contributed by atoms with Crippen molar-refractivity contribution in [2.24, 2.45) is 5.92 Å². The summed E-state index contributed by atoms with van der Waals surface area (Å²) >= 11 is 1.56. The molecule has 0 aliphatic rings. The Hall–Kier alpha value is -0.900. The van der Waals surface area contributed by atoms with Crippen molar-refractivity contribution < 1.29 is 4.79 Å². The van der Waals surface area contributed by atoms with Crippen LogP contribution in [0.4, 0.5) is 5.13 Å². The van der Waals surface area contributed by atoms with Crippen LogP contribution in [0.2, 0.25) is 0 Å². The van der Waals surface area contributed by atoms with E-state index in [2.05, 4.69) is 4.98 Å². The number of amides is 1. The molecule has 78 valence electrons. The first kappa shape index (κ1) is 11.2. The zero-order valence-electron chi connectivity index (χ0n) is 9.29. The number of hydrogen-bond donors (Lipinski definition) is 0. The Labute approximate surface area is 88.8 Å². The van der Waals surface area contributed by atoms with Crippen molar-refractivity contribution in [3.05, 3.63) is 10.6 Å². The van der Waals surface area contributed by atoms with E-state index in [1.165, 1.54) is 4.88 Å². The third kappa shape index (κ3) is 2.12. The number of carbonyl (C=O) groups is 1. The van der Waals surface area contributed by atoms with Gasteiger partial charge in [-0.3, -0.25) is 9.69 Å². The Morgan fingerprint density at radius 3 is 2.36 bits per heavy atom. The maximum Gasteiger partial charge on any atom is 0.231 e. The first-order chi connectivity index (χ1) is 6.43. The van der Waals surface area contributed by atoms with Gasteiger partial charge in [-0.15, -0.1) is 11.3 Å². The molecule has 0 bridgehead atoms. The molecule has 1 rings (SSSR count). The molecule has 0 aliphatic carbocycles. The van der Waals surface area contributed by atoms with Crippen LogP contribution in [0.3, 0.4) is 0 Å².